The van der Waals surface area contributed by atoms with Crippen molar-refractivity contribution in [3.8, 4) is 11.9 Å². The molecule has 0 unspecified atom stereocenters. The van der Waals surface area contributed by atoms with Crippen LogP contribution in [-0.2, 0) is 16.1 Å². The lowest BCUT2D eigenvalue weighted by Gasteiger charge is -2.26. The third-order valence-electron chi connectivity index (χ3n) is 5.03. The molecule has 0 saturated heterocycles. The monoisotopic (exact) mass is 413 g/mol. The molecule has 9 heteroatoms. The lowest BCUT2D eigenvalue weighted by atomic mass is 9.95. The Morgan fingerprint density at radius 2 is 1.63 bits per heavy atom. The highest BCUT2D eigenvalue weighted by molar-refractivity contribution is 6.18. The summed E-state index contributed by atoms with van der Waals surface area (Å²) in [6.07, 6.45) is 4.37. The summed E-state index contributed by atoms with van der Waals surface area (Å²) in [4.78, 5) is 38.0. The van der Waals surface area contributed by atoms with Crippen LogP contribution in [0.2, 0.25) is 0 Å². The number of imide groups is 1. The van der Waals surface area contributed by atoms with Crippen molar-refractivity contribution in [1.29, 1.82) is 5.26 Å². The van der Waals surface area contributed by atoms with Gasteiger partial charge in [-0.15, -0.1) is 0 Å². The molecule has 2 amide bonds. The SMILES string of the molecule is CC1=C(C#N)C(=O)N(CCO)C(=O)C1=CC=Cc1c(C)c(C)c(=O)n(CCO)c1O. The fourth-order valence-electron chi connectivity index (χ4n) is 3.18. The normalized spacial score (nSPS) is 16.1. The molecular weight excluding hydrogens is 390 g/mol. The van der Waals surface area contributed by atoms with Crippen molar-refractivity contribution < 1.29 is 24.9 Å². The van der Waals surface area contributed by atoms with Crippen LogP contribution in [0.25, 0.3) is 6.08 Å². The molecule has 0 radical (unpaired) electrons. The molecular formula is C21H23N3O6. The number of hydrogen-bond donors (Lipinski definition) is 3. The maximum Gasteiger partial charge on any atom is 0.271 e. The number of nitriles is 1. The van der Waals surface area contributed by atoms with E-state index in [1.165, 1.54) is 25.2 Å². The molecule has 0 aliphatic carbocycles. The smallest absolute Gasteiger partial charge is 0.271 e. The standard InChI is InChI=1S/C21H23N3O6/c1-12-13(2)18(27)23(7-9-25)19(28)15(12)5-4-6-16-14(3)17(11-22)21(30)24(8-10-26)20(16)29/h4-6,25-26,28H,7-10H2,1-3H3. The minimum absolute atomic E-state index is 0.0716. The zero-order chi connectivity index (χ0) is 22.6. The highest BCUT2D eigenvalue weighted by Crippen LogP contribution is 2.26. The lowest BCUT2D eigenvalue weighted by molar-refractivity contribution is -0.141. The number of allylic oxidation sites excluding steroid dienone is 2. The molecule has 0 aromatic carbocycles. The van der Waals surface area contributed by atoms with Gasteiger partial charge in [-0.05, 0) is 44.1 Å². The second-order valence-electron chi connectivity index (χ2n) is 6.70. The van der Waals surface area contributed by atoms with Crippen molar-refractivity contribution in [2.24, 2.45) is 0 Å². The number of aliphatic hydroxyl groups excluding tert-OH is 2. The number of aromatic nitrogens is 1. The van der Waals surface area contributed by atoms with Gasteiger partial charge in [-0.25, -0.2) is 0 Å². The Kier molecular flexibility index (Phi) is 7.10. The maximum absolute atomic E-state index is 12.6. The quantitative estimate of drug-likeness (QED) is 0.449. The number of pyridine rings is 1. The van der Waals surface area contributed by atoms with Crippen LogP contribution in [0.3, 0.4) is 0 Å². The van der Waals surface area contributed by atoms with Crippen molar-refractivity contribution in [3.05, 3.63) is 55.9 Å². The highest BCUT2D eigenvalue weighted by atomic mass is 16.3. The number of amides is 2. The van der Waals surface area contributed by atoms with Gasteiger partial charge in [0, 0.05) is 16.7 Å². The van der Waals surface area contributed by atoms with Crippen LogP contribution in [0.4, 0.5) is 0 Å². The number of hydrogen-bond acceptors (Lipinski definition) is 7. The molecule has 3 N–H and O–H groups in total. The summed E-state index contributed by atoms with van der Waals surface area (Å²) < 4.78 is 1.06. The molecule has 0 atom stereocenters. The van der Waals surface area contributed by atoms with E-state index in [2.05, 4.69) is 0 Å². The Hall–Kier alpha value is -3.48. The third kappa shape index (κ3) is 3.96. The summed E-state index contributed by atoms with van der Waals surface area (Å²) >= 11 is 0. The molecule has 1 aliphatic heterocycles. The summed E-state index contributed by atoms with van der Waals surface area (Å²) in [5.74, 6) is -1.71. The Balaban J connectivity index is 2.57. The lowest BCUT2D eigenvalue weighted by Crippen LogP contribution is -2.44. The number of β-amino-alcohol motifs (C(OH)–C–C–N with tert-alkyl or cyclic N) is 1. The van der Waals surface area contributed by atoms with Gasteiger partial charge in [0.05, 0.1) is 26.3 Å². The molecule has 2 heterocycles. The van der Waals surface area contributed by atoms with E-state index < -0.39 is 24.0 Å². The number of aliphatic hydroxyl groups is 2. The van der Waals surface area contributed by atoms with Crippen LogP contribution in [0, 0.1) is 25.2 Å². The Morgan fingerprint density at radius 3 is 2.20 bits per heavy atom. The Labute approximate surface area is 173 Å². The summed E-state index contributed by atoms with van der Waals surface area (Å²) in [5.41, 5.74) is 1.01. The molecule has 158 valence electrons. The number of carbonyl (C=O) groups excluding carboxylic acids is 2. The second kappa shape index (κ2) is 9.35. The topological polar surface area (TPSA) is 144 Å². The van der Waals surface area contributed by atoms with Crippen LogP contribution in [-0.4, -0.2) is 56.4 Å². The van der Waals surface area contributed by atoms with E-state index in [1.54, 1.807) is 19.9 Å². The highest BCUT2D eigenvalue weighted by Gasteiger charge is 2.34. The molecule has 2 rings (SSSR count). The number of rotatable bonds is 6. The van der Waals surface area contributed by atoms with Gasteiger partial charge in [0.25, 0.3) is 17.4 Å². The number of nitrogens with zero attached hydrogens (tertiary/aromatic N) is 3. The first-order chi connectivity index (χ1) is 14.2. The second-order valence-corrected chi connectivity index (χ2v) is 6.70. The van der Waals surface area contributed by atoms with Crippen LogP contribution in [0.15, 0.2) is 33.7 Å². The Morgan fingerprint density at radius 1 is 1.00 bits per heavy atom. The van der Waals surface area contributed by atoms with E-state index in [0.29, 0.717) is 16.7 Å². The fraction of sp³-hybridized carbons (Fsp3) is 0.333. The van der Waals surface area contributed by atoms with Gasteiger partial charge in [-0.3, -0.25) is 23.9 Å². The van der Waals surface area contributed by atoms with E-state index >= 15 is 0 Å². The minimum Gasteiger partial charge on any atom is -0.494 e. The van der Waals surface area contributed by atoms with Gasteiger partial charge < -0.3 is 15.3 Å². The molecule has 1 aromatic rings. The van der Waals surface area contributed by atoms with Gasteiger partial charge in [0.15, 0.2) is 0 Å². The van der Waals surface area contributed by atoms with E-state index in [0.717, 1.165) is 9.47 Å². The maximum atomic E-state index is 12.6. The van der Waals surface area contributed by atoms with Crippen LogP contribution in [0.5, 0.6) is 5.88 Å². The first-order valence-corrected chi connectivity index (χ1v) is 9.21. The molecule has 9 nitrogen and oxygen atoms in total. The fourth-order valence-corrected chi connectivity index (χ4v) is 3.18. The third-order valence-corrected chi connectivity index (χ3v) is 5.03. The van der Waals surface area contributed by atoms with Gasteiger partial charge in [0.2, 0.25) is 5.88 Å². The van der Waals surface area contributed by atoms with Gasteiger partial charge in [-0.2, -0.15) is 5.26 Å². The summed E-state index contributed by atoms with van der Waals surface area (Å²) in [5, 5.41) is 38.0. The molecule has 1 aliphatic rings. The summed E-state index contributed by atoms with van der Waals surface area (Å²) in [7, 11) is 0. The zero-order valence-electron chi connectivity index (χ0n) is 17.0. The van der Waals surface area contributed by atoms with Gasteiger partial charge in [0.1, 0.15) is 11.6 Å². The average molecular weight is 413 g/mol. The minimum atomic E-state index is -0.754. The van der Waals surface area contributed by atoms with Crippen molar-refractivity contribution in [1.82, 2.24) is 9.47 Å². The van der Waals surface area contributed by atoms with Crippen LogP contribution in [0.1, 0.15) is 23.6 Å². The van der Waals surface area contributed by atoms with Crippen molar-refractivity contribution in [3.63, 3.8) is 0 Å². The number of carbonyl (C=O) groups is 2. The van der Waals surface area contributed by atoms with E-state index in [1.807, 2.05) is 0 Å². The van der Waals surface area contributed by atoms with Gasteiger partial charge in [-0.1, -0.05) is 6.08 Å². The zero-order valence-corrected chi connectivity index (χ0v) is 17.0. The largest absolute Gasteiger partial charge is 0.494 e. The average Bonchev–Trinajstić information content (AvgIpc) is 2.72. The molecule has 0 fully saturated rings. The van der Waals surface area contributed by atoms with Crippen molar-refractivity contribution in [2.75, 3.05) is 19.8 Å². The molecule has 30 heavy (non-hydrogen) atoms. The summed E-state index contributed by atoms with van der Waals surface area (Å²) in [6, 6.07) is 1.79. The predicted octanol–water partition coefficient (Wildman–Crippen LogP) is 0.304. The molecule has 0 saturated carbocycles. The Bertz CT molecular complexity index is 1090. The van der Waals surface area contributed by atoms with Crippen LogP contribution >= 0.6 is 0 Å². The first-order valence-electron chi connectivity index (χ1n) is 9.21. The van der Waals surface area contributed by atoms with Crippen molar-refractivity contribution in [2.45, 2.75) is 27.3 Å². The molecule has 1 aromatic heterocycles. The first kappa shape index (κ1) is 22.8. The van der Waals surface area contributed by atoms with Crippen LogP contribution < -0.4 is 5.56 Å². The van der Waals surface area contributed by atoms with E-state index in [-0.39, 0.29) is 42.3 Å². The van der Waals surface area contributed by atoms with E-state index in [9.17, 15) is 24.8 Å². The van der Waals surface area contributed by atoms with Gasteiger partial charge >= 0.3 is 0 Å². The van der Waals surface area contributed by atoms with E-state index in [4.69, 9.17) is 10.2 Å². The van der Waals surface area contributed by atoms with Crippen molar-refractivity contribution >= 4 is 17.9 Å². The molecule has 0 spiro atoms. The predicted molar refractivity (Wildman–Crippen MR) is 108 cm³/mol. The summed E-state index contributed by atoms with van der Waals surface area (Å²) in [6.45, 7) is 3.69. The number of aromatic hydroxyl groups is 1. The molecule has 0 bridgehead atoms.